The topological polar surface area (TPSA) is 59.8 Å². The molecule has 0 fully saturated rings. The van der Waals surface area contributed by atoms with Crippen molar-refractivity contribution in [2.24, 2.45) is 0 Å². The maximum Gasteiger partial charge on any atom is 0.234 e. The number of nitrogens with one attached hydrogen (secondary N) is 1. The zero-order valence-corrected chi connectivity index (χ0v) is 16.8. The Labute approximate surface area is 165 Å². The van der Waals surface area contributed by atoms with Crippen LogP contribution in [0.4, 0.5) is 5.69 Å². The zero-order valence-electron chi connectivity index (χ0n) is 14.4. The summed E-state index contributed by atoms with van der Waals surface area (Å²) >= 11 is 4.83. The van der Waals surface area contributed by atoms with Gasteiger partial charge in [0.15, 0.2) is 5.16 Å². The van der Waals surface area contributed by atoms with Crippen LogP contribution in [0, 0.1) is 0 Å². The molecule has 0 unspecified atom stereocenters. The highest BCUT2D eigenvalue weighted by Gasteiger charge is 2.14. The van der Waals surface area contributed by atoms with Gasteiger partial charge in [0.05, 0.1) is 11.4 Å². The molecular weight excluding hydrogens is 412 g/mol. The molecule has 0 bridgehead atoms. The number of thioether (sulfide) groups is 1. The summed E-state index contributed by atoms with van der Waals surface area (Å²) in [6.07, 6.45) is 0.728. The lowest BCUT2D eigenvalue weighted by atomic mass is 10.1. The van der Waals surface area contributed by atoms with Crippen LogP contribution < -0.4 is 5.32 Å². The van der Waals surface area contributed by atoms with Gasteiger partial charge in [-0.25, -0.2) is 0 Å². The number of nitrogens with zero attached hydrogens (tertiary/aromatic N) is 3. The minimum Gasteiger partial charge on any atom is -0.324 e. The number of halogens is 1. The van der Waals surface area contributed by atoms with E-state index in [0.29, 0.717) is 0 Å². The molecule has 2 aromatic carbocycles. The van der Waals surface area contributed by atoms with E-state index in [-0.39, 0.29) is 11.7 Å². The van der Waals surface area contributed by atoms with Gasteiger partial charge >= 0.3 is 0 Å². The summed E-state index contributed by atoms with van der Waals surface area (Å²) in [6, 6.07) is 17.7. The zero-order chi connectivity index (χ0) is 18.4. The van der Waals surface area contributed by atoms with E-state index in [1.54, 1.807) is 0 Å². The van der Waals surface area contributed by atoms with Gasteiger partial charge in [-0.3, -0.25) is 4.79 Å². The molecule has 1 N–H and O–H groups in total. The van der Waals surface area contributed by atoms with E-state index in [2.05, 4.69) is 55.1 Å². The fourth-order valence-corrected chi connectivity index (χ4v) is 3.74. The predicted molar refractivity (Wildman–Crippen MR) is 108 cm³/mol. The molecule has 3 aromatic rings. The van der Waals surface area contributed by atoms with Crippen LogP contribution in [0.2, 0.25) is 0 Å². The van der Waals surface area contributed by atoms with Crippen LogP contribution in [0.25, 0.3) is 0 Å². The molecule has 0 atom stereocenters. The molecule has 3 rings (SSSR count). The number of carbonyl (C=O) groups is 1. The minimum absolute atomic E-state index is 0.0721. The van der Waals surface area contributed by atoms with Crippen molar-refractivity contribution < 1.29 is 4.79 Å². The number of amides is 1. The highest BCUT2D eigenvalue weighted by atomic mass is 79.9. The van der Waals surface area contributed by atoms with Crippen LogP contribution in [0.5, 0.6) is 0 Å². The predicted octanol–water partition coefficient (Wildman–Crippen LogP) is 4.38. The summed E-state index contributed by atoms with van der Waals surface area (Å²) < 4.78 is 2.92. The number of carbonyl (C=O) groups excluding carboxylic acids is 1. The molecule has 0 saturated carbocycles. The molecule has 0 radical (unpaired) electrons. The molecule has 5 nitrogen and oxygen atoms in total. The molecule has 26 heavy (non-hydrogen) atoms. The highest BCUT2D eigenvalue weighted by Crippen LogP contribution is 2.23. The van der Waals surface area contributed by atoms with Crippen molar-refractivity contribution in [1.29, 1.82) is 0 Å². The minimum atomic E-state index is -0.0721. The largest absolute Gasteiger partial charge is 0.324 e. The van der Waals surface area contributed by atoms with E-state index in [1.165, 1.54) is 17.3 Å². The first kappa shape index (κ1) is 18.7. The second-order valence-corrected chi connectivity index (χ2v) is 7.42. The summed E-state index contributed by atoms with van der Waals surface area (Å²) in [4.78, 5) is 12.2. The SMILES string of the molecule is CCn1c(Cc2ccccc2)nnc1SCC(=O)Nc1ccccc1Br. The standard InChI is InChI=1S/C19H19BrN4OS/c1-2-24-17(12-14-8-4-3-5-9-14)22-23-19(24)26-13-18(25)21-16-11-7-6-10-15(16)20/h3-11H,2,12-13H2,1H3,(H,21,25). The second-order valence-electron chi connectivity index (χ2n) is 5.62. The monoisotopic (exact) mass is 430 g/mol. The molecule has 0 aliphatic heterocycles. The molecule has 0 aliphatic carbocycles. The summed E-state index contributed by atoms with van der Waals surface area (Å²) in [7, 11) is 0. The molecule has 134 valence electrons. The molecule has 0 saturated heterocycles. The Kier molecular flexibility index (Phi) is 6.46. The molecule has 1 amide bonds. The summed E-state index contributed by atoms with van der Waals surface area (Å²) in [5, 5.41) is 12.2. The van der Waals surface area contributed by atoms with Crippen LogP contribution in [-0.2, 0) is 17.8 Å². The normalized spacial score (nSPS) is 10.7. The van der Waals surface area contributed by atoms with Gasteiger partial charge in [0.1, 0.15) is 5.82 Å². The van der Waals surface area contributed by atoms with E-state index < -0.39 is 0 Å². The van der Waals surface area contributed by atoms with E-state index >= 15 is 0 Å². The number of anilines is 1. The maximum absolute atomic E-state index is 12.2. The fourth-order valence-electron chi connectivity index (χ4n) is 2.53. The lowest BCUT2D eigenvalue weighted by Gasteiger charge is -2.08. The Hall–Kier alpha value is -2.12. The lowest BCUT2D eigenvalue weighted by molar-refractivity contribution is -0.113. The summed E-state index contributed by atoms with van der Waals surface area (Å²) in [5.41, 5.74) is 1.96. The Morgan fingerprint density at radius 1 is 1.12 bits per heavy atom. The van der Waals surface area contributed by atoms with Crippen molar-refractivity contribution in [2.45, 2.75) is 25.0 Å². The van der Waals surface area contributed by atoms with Crippen LogP contribution in [0.3, 0.4) is 0 Å². The molecule has 7 heteroatoms. The number of aromatic nitrogens is 3. The Morgan fingerprint density at radius 3 is 2.58 bits per heavy atom. The first-order valence-corrected chi connectivity index (χ1v) is 10.1. The van der Waals surface area contributed by atoms with E-state index in [9.17, 15) is 4.79 Å². The number of benzene rings is 2. The molecular formula is C19H19BrN4OS. The third-order valence-corrected chi connectivity index (χ3v) is 5.45. The van der Waals surface area contributed by atoms with E-state index in [0.717, 1.165) is 34.1 Å². The van der Waals surface area contributed by atoms with Gasteiger partial charge < -0.3 is 9.88 Å². The van der Waals surface area contributed by atoms with Crippen molar-refractivity contribution in [1.82, 2.24) is 14.8 Å². The van der Waals surface area contributed by atoms with Crippen LogP contribution in [0.1, 0.15) is 18.3 Å². The smallest absolute Gasteiger partial charge is 0.234 e. The van der Waals surface area contributed by atoms with Crippen molar-refractivity contribution in [3.05, 3.63) is 70.5 Å². The lowest BCUT2D eigenvalue weighted by Crippen LogP contribution is -2.15. The Balaban J connectivity index is 1.63. The average Bonchev–Trinajstić information content (AvgIpc) is 3.04. The number of hydrogen-bond acceptors (Lipinski definition) is 4. The molecule has 0 aliphatic rings. The average molecular weight is 431 g/mol. The molecule has 1 aromatic heterocycles. The van der Waals surface area contributed by atoms with Crippen molar-refractivity contribution >= 4 is 39.3 Å². The first-order chi connectivity index (χ1) is 12.7. The third kappa shape index (κ3) is 4.74. The second kappa shape index (κ2) is 9.00. The number of rotatable bonds is 7. The summed E-state index contributed by atoms with van der Waals surface area (Å²) in [5.74, 6) is 1.12. The first-order valence-electron chi connectivity index (χ1n) is 8.30. The van der Waals surface area contributed by atoms with Gasteiger partial charge in [-0.15, -0.1) is 10.2 Å². The Morgan fingerprint density at radius 2 is 1.85 bits per heavy atom. The van der Waals surface area contributed by atoms with Crippen molar-refractivity contribution in [3.63, 3.8) is 0 Å². The molecule has 0 spiro atoms. The molecule has 1 heterocycles. The Bertz CT molecular complexity index is 882. The summed E-state index contributed by atoms with van der Waals surface area (Å²) in [6.45, 7) is 2.83. The number of para-hydroxylation sites is 1. The van der Waals surface area contributed by atoms with E-state index in [1.807, 2.05) is 42.5 Å². The fraction of sp³-hybridized carbons (Fsp3) is 0.211. The number of hydrogen-bond donors (Lipinski definition) is 1. The van der Waals surface area contributed by atoms with Gasteiger partial charge in [0, 0.05) is 17.4 Å². The van der Waals surface area contributed by atoms with E-state index in [4.69, 9.17) is 0 Å². The van der Waals surface area contributed by atoms with Gasteiger partial charge in [-0.05, 0) is 40.5 Å². The van der Waals surface area contributed by atoms with Crippen molar-refractivity contribution in [2.75, 3.05) is 11.1 Å². The van der Waals surface area contributed by atoms with Crippen molar-refractivity contribution in [3.8, 4) is 0 Å². The van der Waals surface area contributed by atoms with Gasteiger partial charge in [-0.1, -0.05) is 54.2 Å². The van der Waals surface area contributed by atoms with Crippen LogP contribution >= 0.6 is 27.7 Å². The highest BCUT2D eigenvalue weighted by molar-refractivity contribution is 9.10. The van der Waals surface area contributed by atoms with Gasteiger partial charge in [0.25, 0.3) is 0 Å². The third-order valence-electron chi connectivity index (χ3n) is 3.80. The quantitative estimate of drug-likeness (QED) is 0.564. The van der Waals surface area contributed by atoms with Gasteiger partial charge in [0.2, 0.25) is 5.91 Å². The van der Waals surface area contributed by atoms with Crippen LogP contribution in [-0.4, -0.2) is 26.4 Å². The van der Waals surface area contributed by atoms with Gasteiger partial charge in [-0.2, -0.15) is 0 Å². The van der Waals surface area contributed by atoms with Crippen LogP contribution in [0.15, 0.2) is 64.2 Å². The maximum atomic E-state index is 12.2.